The van der Waals surface area contributed by atoms with Crippen LogP contribution in [0.3, 0.4) is 0 Å². The van der Waals surface area contributed by atoms with E-state index in [0.717, 1.165) is 0 Å². The first-order valence-electron chi connectivity index (χ1n) is 7.83. The number of ether oxygens (including phenoxy) is 1. The molecule has 0 aromatic heterocycles. The lowest BCUT2D eigenvalue weighted by Crippen LogP contribution is -2.34. The number of benzene rings is 2. The smallest absolute Gasteiger partial charge is 0.445 e. The normalized spacial score (nSPS) is 10.7. The maximum absolute atomic E-state index is 11.8. The highest BCUT2D eigenvalue weighted by Gasteiger charge is 2.08. The molecule has 0 radical (unpaired) electrons. The fraction of sp³-hybridized carbons (Fsp3) is 0.176. The lowest BCUT2D eigenvalue weighted by Gasteiger charge is -2.09. The van der Waals surface area contributed by atoms with Crippen LogP contribution in [0, 0.1) is 0 Å². The van der Waals surface area contributed by atoms with Crippen molar-refractivity contribution in [3.8, 4) is 5.75 Å². The largest absolute Gasteiger partial charge is 0.446 e. The van der Waals surface area contributed by atoms with Gasteiger partial charge in [-0.25, -0.2) is 4.79 Å². The zero-order valence-electron chi connectivity index (χ0n) is 14.1. The number of carbonyl (C=O) groups excluding carboxylic acids is 2. The van der Waals surface area contributed by atoms with E-state index in [2.05, 4.69) is 14.8 Å². The van der Waals surface area contributed by atoms with Crippen LogP contribution < -0.4 is 14.8 Å². The predicted molar refractivity (Wildman–Crippen MR) is 95.6 cm³/mol. The lowest BCUT2D eigenvalue weighted by molar-refractivity contribution is 0.0951. The summed E-state index contributed by atoms with van der Waals surface area (Å²) in [5.74, 6) is -0.308. The summed E-state index contributed by atoms with van der Waals surface area (Å²) in [6.45, 7) is 0.386. The van der Waals surface area contributed by atoms with Gasteiger partial charge in [-0.2, -0.15) is 8.42 Å². The van der Waals surface area contributed by atoms with Crippen LogP contribution in [0.15, 0.2) is 54.6 Å². The van der Waals surface area contributed by atoms with E-state index in [0.29, 0.717) is 11.1 Å². The van der Waals surface area contributed by atoms with Gasteiger partial charge >= 0.3 is 16.5 Å². The minimum absolute atomic E-state index is 0.0473. The van der Waals surface area contributed by atoms with E-state index in [1.807, 2.05) is 6.07 Å². The highest BCUT2D eigenvalue weighted by atomic mass is 32.3. The third-order valence-corrected chi connectivity index (χ3v) is 3.61. The minimum atomic E-state index is -4.58. The lowest BCUT2D eigenvalue weighted by atomic mass is 10.2. The van der Waals surface area contributed by atoms with E-state index in [1.54, 1.807) is 24.3 Å². The van der Waals surface area contributed by atoms with Crippen LogP contribution in [0.4, 0.5) is 4.79 Å². The third kappa shape index (κ3) is 7.75. The molecule has 10 heteroatoms. The summed E-state index contributed by atoms with van der Waals surface area (Å²) in [6, 6.07) is 14.3. The molecular weight excluding hydrogens is 376 g/mol. The fourth-order valence-corrected chi connectivity index (χ4v) is 2.35. The highest BCUT2D eigenvalue weighted by Crippen LogP contribution is 2.14. The Kier molecular flexibility index (Phi) is 7.15. The molecule has 0 aliphatic heterocycles. The topological polar surface area (TPSA) is 131 Å². The zero-order valence-corrected chi connectivity index (χ0v) is 14.9. The summed E-state index contributed by atoms with van der Waals surface area (Å²) in [4.78, 5) is 23.4. The molecule has 9 nitrogen and oxygen atoms in total. The Balaban J connectivity index is 1.65. The molecular formula is C17H18N2O7S. The van der Waals surface area contributed by atoms with Crippen molar-refractivity contribution in [2.75, 3.05) is 13.1 Å². The second-order valence-electron chi connectivity index (χ2n) is 5.28. The standard InChI is InChI=1S/C17H18N2O7S/c20-16(14-4-2-1-3-5-14)18-10-11-19-17(21)25-12-13-6-8-15(9-7-13)26-27(22,23)24/h1-9H,10-12H2,(H,18,20)(H,19,21)(H,22,23,24). The first-order chi connectivity index (χ1) is 12.8. The van der Waals surface area contributed by atoms with E-state index < -0.39 is 16.5 Å². The molecule has 0 spiro atoms. The van der Waals surface area contributed by atoms with Crippen LogP contribution in [0.5, 0.6) is 5.75 Å². The van der Waals surface area contributed by atoms with Crippen LogP contribution in [0.25, 0.3) is 0 Å². The SMILES string of the molecule is O=C(NCCNC(=O)c1ccccc1)OCc1ccc(OS(=O)(=O)O)cc1. The highest BCUT2D eigenvalue weighted by molar-refractivity contribution is 7.81. The Labute approximate surface area is 156 Å². The van der Waals surface area contributed by atoms with Crippen LogP contribution in [0.1, 0.15) is 15.9 Å². The zero-order chi connectivity index (χ0) is 19.7. The van der Waals surface area contributed by atoms with Gasteiger partial charge in [0.05, 0.1) is 0 Å². The van der Waals surface area contributed by atoms with Crippen LogP contribution in [-0.2, 0) is 21.7 Å². The molecule has 2 aromatic rings. The van der Waals surface area contributed by atoms with Crippen molar-refractivity contribution in [1.82, 2.24) is 10.6 Å². The number of hydrogen-bond acceptors (Lipinski definition) is 6. The van der Waals surface area contributed by atoms with Crippen molar-refractivity contribution in [3.63, 3.8) is 0 Å². The molecule has 0 fully saturated rings. The summed E-state index contributed by atoms with van der Waals surface area (Å²) >= 11 is 0. The van der Waals surface area contributed by atoms with Gasteiger partial charge in [0.15, 0.2) is 0 Å². The maximum atomic E-state index is 11.8. The van der Waals surface area contributed by atoms with E-state index in [1.165, 1.54) is 24.3 Å². The average molecular weight is 394 g/mol. The van der Waals surface area contributed by atoms with E-state index >= 15 is 0 Å². The molecule has 2 rings (SSSR count). The second kappa shape index (κ2) is 9.55. The van der Waals surface area contributed by atoms with Crippen molar-refractivity contribution in [1.29, 1.82) is 0 Å². The molecule has 0 saturated carbocycles. The summed E-state index contributed by atoms with van der Waals surface area (Å²) in [5, 5.41) is 5.15. The van der Waals surface area contributed by atoms with Crippen molar-refractivity contribution in [2.24, 2.45) is 0 Å². The number of rotatable bonds is 8. The number of nitrogens with one attached hydrogen (secondary N) is 2. The first-order valence-corrected chi connectivity index (χ1v) is 9.20. The summed E-state index contributed by atoms with van der Waals surface area (Å²) < 4.78 is 39.0. The van der Waals surface area contributed by atoms with Gasteiger partial charge in [-0.05, 0) is 29.8 Å². The van der Waals surface area contributed by atoms with Crippen LogP contribution >= 0.6 is 0 Å². The molecule has 3 N–H and O–H groups in total. The average Bonchev–Trinajstić information content (AvgIpc) is 2.64. The molecule has 2 aromatic carbocycles. The van der Waals surface area contributed by atoms with Crippen molar-refractivity contribution in [2.45, 2.75) is 6.61 Å². The number of amides is 2. The summed E-state index contributed by atoms with van der Waals surface area (Å²) in [5.41, 5.74) is 1.12. The van der Waals surface area contributed by atoms with Gasteiger partial charge in [0.2, 0.25) is 0 Å². The number of alkyl carbamates (subject to hydrolysis) is 1. The first kappa shape index (κ1) is 20.2. The van der Waals surface area contributed by atoms with E-state index in [-0.39, 0.29) is 31.4 Å². The van der Waals surface area contributed by atoms with E-state index in [9.17, 15) is 18.0 Å². The quantitative estimate of drug-likeness (QED) is 0.457. The molecule has 2 amide bonds. The summed E-state index contributed by atoms with van der Waals surface area (Å²) in [7, 11) is -4.58. The van der Waals surface area contributed by atoms with Gasteiger partial charge in [-0.1, -0.05) is 30.3 Å². The monoisotopic (exact) mass is 394 g/mol. The molecule has 0 unspecified atom stereocenters. The Hall–Kier alpha value is -3.11. The summed E-state index contributed by atoms with van der Waals surface area (Å²) in [6.07, 6.45) is -0.665. The van der Waals surface area contributed by atoms with Crippen molar-refractivity contribution in [3.05, 3.63) is 65.7 Å². The van der Waals surface area contributed by atoms with Gasteiger partial charge < -0.3 is 19.6 Å². The van der Waals surface area contributed by atoms with Gasteiger partial charge in [-0.15, -0.1) is 0 Å². The van der Waals surface area contributed by atoms with Crippen LogP contribution in [0.2, 0.25) is 0 Å². The molecule has 0 aliphatic rings. The van der Waals surface area contributed by atoms with Crippen molar-refractivity contribution < 1.29 is 31.5 Å². The molecule has 0 atom stereocenters. The Bertz CT molecular complexity index is 868. The van der Waals surface area contributed by atoms with Crippen molar-refractivity contribution >= 4 is 22.4 Å². The number of carbonyl (C=O) groups is 2. The fourth-order valence-electron chi connectivity index (χ4n) is 1.99. The molecule has 0 heterocycles. The molecule has 27 heavy (non-hydrogen) atoms. The number of hydrogen-bond donors (Lipinski definition) is 3. The molecule has 0 aliphatic carbocycles. The van der Waals surface area contributed by atoms with Crippen LogP contribution in [-0.4, -0.2) is 38.1 Å². The third-order valence-electron chi connectivity index (χ3n) is 3.21. The van der Waals surface area contributed by atoms with E-state index in [4.69, 9.17) is 9.29 Å². The maximum Gasteiger partial charge on any atom is 0.446 e. The molecule has 0 saturated heterocycles. The molecule has 0 bridgehead atoms. The molecule has 144 valence electrons. The van der Waals surface area contributed by atoms with Gasteiger partial charge in [0, 0.05) is 18.7 Å². The Morgan fingerprint density at radius 3 is 2.19 bits per heavy atom. The minimum Gasteiger partial charge on any atom is -0.445 e. The van der Waals surface area contributed by atoms with Gasteiger partial charge in [0.25, 0.3) is 5.91 Å². The Morgan fingerprint density at radius 1 is 0.926 bits per heavy atom. The Morgan fingerprint density at radius 2 is 1.56 bits per heavy atom. The van der Waals surface area contributed by atoms with Gasteiger partial charge in [-0.3, -0.25) is 9.35 Å². The second-order valence-corrected chi connectivity index (χ2v) is 6.30. The van der Waals surface area contributed by atoms with Gasteiger partial charge in [0.1, 0.15) is 12.4 Å². The predicted octanol–water partition coefficient (Wildman–Crippen LogP) is 1.52.